The summed E-state index contributed by atoms with van der Waals surface area (Å²) in [5.41, 5.74) is 4.86. The Morgan fingerprint density at radius 3 is 2.40 bits per heavy atom. The number of hydrogen-bond acceptors (Lipinski definition) is 1. The average Bonchev–Trinajstić information content (AvgIpc) is 2.64. The number of H-pyrrole nitrogens is 1. The molecule has 0 aliphatic heterocycles. The van der Waals surface area contributed by atoms with Gasteiger partial charge in [0.15, 0.2) is 4.77 Å². The summed E-state index contributed by atoms with van der Waals surface area (Å²) >= 11 is 8.60. The zero-order valence-corrected chi connectivity index (χ0v) is 13.4. The van der Waals surface area contributed by atoms with Crippen molar-refractivity contribution in [2.75, 3.05) is 0 Å². The Bertz CT molecular complexity index is 859. The van der Waals surface area contributed by atoms with E-state index in [9.17, 15) is 4.39 Å². The quantitative estimate of drug-likeness (QED) is 0.597. The van der Waals surface area contributed by atoms with Crippen LogP contribution in [0.5, 0.6) is 0 Å². The van der Waals surface area contributed by atoms with Gasteiger partial charge >= 0.3 is 0 Å². The van der Waals surface area contributed by atoms with Gasteiger partial charge in [0.05, 0.1) is 15.5 Å². The molecule has 0 unspecified atom stereocenters. The fourth-order valence-electron chi connectivity index (χ4n) is 2.44. The highest BCUT2D eigenvalue weighted by atomic mass is 79.9. The molecule has 1 N–H and O–H groups in total. The van der Waals surface area contributed by atoms with Crippen LogP contribution in [-0.2, 0) is 0 Å². The first-order valence-corrected chi connectivity index (χ1v) is 7.34. The summed E-state index contributed by atoms with van der Waals surface area (Å²) in [4.78, 5) is 3.05. The van der Waals surface area contributed by atoms with Crippen molar-refractivity contribution >= 4 is 39.2 Å². The van der Waals surface area contributed by atoms with Gasteiger partial charge in [-0.15, -0.1) is 0 Å². The first kappa shape index (κ1) is 13.5. The smallest absolute Gasteiger partial charge is 0.182 e. The summed E-state index contributed by atoms with van der Waals surface area (Å²) in [7, 11) is 0. The number of benzene rings is 2. The molecular formula is C15H12BrFN2S. The van der Waals surface area contributed by atoms with Crippen LogP contribution in [0.3, 0.4) is 0 Å². The molecule has 0 aliphatic carbocycles. The highest BCUT2D eigenvalue weighted by Crippen LogP contribution is 2.26. The predicted octanol–water partition coefficient (Wildman–Crippen LogP) is 5.21. The first-order valence-electron chi connectivity index (χ1n) is 6.14. The first-order chi connectivity index (χ1) is 9.45. The van der Waals surface area contributed by atoms with E-state index in [1.54, 1.807) is 6.07 Å². The second-order valence-electron chi connectivity index (χ2n) is 4.89. The summed E-state index contributed by atoms with van der Waals surface area (Å²) < 4.78 is 16.5. The lowest BCUT2D eigenvalue weighted by Crippen LogP contribution is -1.95. The number of aryl methyl sites for hydroxylation is 2. The van der Waals surface area contributed by atoms with E-state index in [2.05, 4.69) is 39.1 Å². The lowest BCUT2D eigenvalue weighted by Gasteiger charge is -2.08. The summed E-state index contributed by atoms with van der Waals surface area (Å²) in [6, 6.07) is 9.43. The molecule has 0 spiro atoms. The molecule has 102 valence electrons. The largest absolute Gasteiger partial charge is 0.330 e. The molecule has 3 rings (SSSR count). The van der Waals surface area contributed by atoms with E-state index in [1.807, 2.05) is 18.4 Å². The third-order valence-corrected chi connectivity index (χ3v) is 4.08. The van der Waals surface area contributed by atoms with Gasteiger partial charge < -0.3 is 4.98 Å². The van der Waals surface area contributed by atoms with Crippen LogP contribution in [0.15, 0.2) is 34.8 Å². The second-order valence-corrected chi connectivity index (χ2v) is 6.14. The minimum Gasteiger partial charge on any atom is -0.330 e. The third kappa shape index (κ3) is 2.21. The highest BCUT2D eigenvalue weighted by Gasteiger charge is 2.10. The normalized spacial score (nSPS) is 11.2. The standard InChI is InChI=1S/C15H12BrFN2S/c1-8-3-9(2)5-10(4-8)19-14-6-11(16)12(17)7-13(14)18-15(19)20/h3-7H,1-2H3,(H,18,20). The summed E-state index contributed by atoms with van der Waals surface area (Å²) in [6.07, 6.45) is 0. The van der Waals surface area contributed by atoms with E-state index in [0.717, 1.165) is 22.3 Å². The van der Waals surface area contributed by atoms with Crippen LogP contribution in [0.4, 0.5) is 4.39 Å². The minimum absolute atomic E-state index is 0.304. The second kappa shape index (κ2) is 4.82. The predicted molar refractivity (Wildman–Crippen MR) is 85.6 cm³/mol. The summed E-state index contributed by atoms with van der Waals surface area (Å²) in [5, 5.41) is 0. The zero-order valence-electron chi connectivity index (χ0n) is 11.0. The van der Waals surface area contributed by atoms with Crippen molar-refractivity contribution in [3.05, 3.63) is 56.5 Å². The van der Waals surface area contributed by atoms with Gasteiger partial charge in [0.25, 0.3) is 0 Å². The molecule has 20 heavy (non-hydrogen) atoms. The van der Waals surface area contributed by atoms with E-state index in [1.165, 1.54) is 6.07 Å². The number of imidazole rings is 1. The molecule has 2 aromatic carbocycles. The summed E-state index contributed by atoms with van der Waals surface area (Å²) in [5.74, 6) is -0.304. The van der Waals surface area contributed by atoms with Crippen molar-refractivity contribution in [2.24, 2.45) is 0 Å². The Balaban J connectivity index is 2.38. The van der Waals surface area contributed by atoms with Crippen LogP contribution >= 0.6 is 28.1 Å². The number of rotatable bonds is 1. The molecule has 0 fully saturated rings. The highest BCUT2D eigenvalue weighted by molar-refractivity contribution is 9.10. The van der Waals surface area contributed by atoms with Gasteiger partial charge in [0.2, 0.25) is 0 Å². The molecule has 0 radical (unpaired) electrons. The Hall–Kier alpha value is -1.46. The Morgan fingerprint density at radius 1 is 1.10 bits per heavy atom. The Kier molecular flexibility index (Phi) is 3.26. The summed E-state index contributed by atoms with van der Waals surface area (Å²) in [6.45, 7) is 4.09. The fourth-order valence-corrected chi connectivity index (χ4v) is 3.08. The number of fused-ring (bicyclic) bond motifs is 1. The van der Waals surface area contributed by atoms with E-state index in [0.29, 0.717) is 14.8 Å². The topological polar surface area (TPSA) is 20.7 Å². The monoisotopic (exact) mass is 350 g/mol. The Morgan fingerprint density at radius 2 is 1.75 bits per heavy atom. The number of halogens is 2. The van der Waals surface area contributed by atoms with Gasteiger partial charge in [-0.05, 0) is 71.3 Å². The minimum atomic E-state index is -0.304. The number of nitrogens with one attached hydrogen (secondary N) is 1. The molecule has 2 nitrogen and oxygen atoms in total. The SMILES string of the molecule is Cc1cc(C)cc(-n2c(=S)[nH]c3cc(F)c(Br)cc32)c1. The van der Waals surface area contributed by atoms with Crippen molar-refractivity contribution in [2.45, 2.75) is 13.8 Å². The van der Waals surface area contributed by atoms with Gasteiger partial charge in [-0.1, -0.05) is 6.07 Å². The molecule has 0 atom stereocenters. The van der Waals surface area contributed by atoms with Crippen LogP contribution in [-0.4, -0.2) is 9.55 Å². The maximum absolute atomic E-state index is 13.6. The fraction of sp³-hybridized carbons (Fsp3) is 0.133. The van der Waals surface area contributed by atoms with Crippen LogP contribution < -0.4 is 0 Å². The van der Waals surface area contributed by atoms with Crippen LogP contribution in [0.1, 0.15) is 11.1 Å². The van der Waals surface area contributed by atoms with E-state index in [4.69, 9.17) is 12.2 Å². The molecule has 0 aliphatic rings. The molecular weight excluding hydrogens is 339 g/mol. The van der Waals surface area contributed by atoms with Gasteiger partial charge in [0, 0.05) is 11.8 Å². The van der Waals surface area contributed by atoms with Gasteiger partial charge in [-0.25, -0.2) is 4.39 Å². The van der Waals surface area contributed by atoms with Crippen molar-refractivity contribution in [3.8, 4) is 5.69 Å². The lowest BCUT2D eigenvalue weighted by molar-refractivity contribution is 0.623. The number of nitrogens with zero attached hydrogens (tertiary/aromatic N) is 1. The van der Waals surface area contributed by atoms with Gasteiger partial charge in [-0.2, -0.15) is 0 Å². The van der Waals surface area contributed by atoms with Crippen molar-refractivity contribution in [1.29, 1.82) is 0 Å². The van der Waals surface area contributed by atoms with E-state index in [-0.39, 0.29) is 5.82 Å². The van der Waals surface area contributed by atoms with Crippen LogP contribution in [0, 0.1) is 24.4 Å². The third-order valence-electron chi connectivity index (χ3n) is 3.19. The maximum Gasteiger partial charge on any atom is 0.182 e. The molecule has 1 heterocycles. The van der Waals surface area contributed by atoms with Gasteiger partial charge in [-0.3, -0.25) is 4.57 Å². The van der Waals surface area contributed by atoms with Crippen molar-refractivity contribution in [1.82, 2.24) is 9.55 Å². The van der Waals surface area contributed by atoms with Crippen LogP contribution in [0.25, 0.3) is 16.7 Å². The molecule has 0 saturated carbocycles. The molecule has 1 aromatic heterocycles. The lowest BCUT2D eigenvalue weighted by atomic mass is 10.1. The van der Waals surface area contributed by atoms with E-state index < -0.39 is 0 Å². The van der Waals surface area contributed by atoms with E-state index >= 15 is 0 Å². The molecule has 0 amide bonds. The maximum atomic E-state index is 13.6. The zero-order chi connectivity index (χ0) is 14.4. The average molecular weight is 351 g/mol. The Labute approximate surface area is 129 Å². The number of aromatic nitrogens is 2. The van der Waals surface area contributed by atoms with Gasteiger partial charge in [0.1, 0.15) is 5.82 Å². The molecule has 0 saturated heterocycles. The molecule has 5 heteroatoms. The van der Waals surface area contributed by atoms with Crippen molar-refractivity contribution < 1.29 is 4.39 Å². The molecule has 0 bridgehead atoms. The van der Waals surface area contributed by atoms with Crippen molar-refractivity contribution in [3.63, 3.8) is 0 Å². The van der Waals surface area contributed by atoms with Crippen LogP contribution in [0.2, 0.25) is 0 Å². The molecule has 3 aromatic rings. The number of aromatic amines is 1. The number of hydrogen-bond donors (Lipinski definition) is 1.